The Morgan fingerprint density at radius 2 is 1.57 bits per heavy atom. The van der Waals surface area contributed by atoms with Crippen LogP contribution < -0.4 is 9.96 Å². The normalized spacial score (nSPS) is 34.6. The van der Waals surface area contributed by atoms with E-state index in [1.807, 2.05) is 5.57 Å². The van der Waals surface area contributed by atoms with Crippen molar-refractivity contribution in [3.63, 3.8) is 0 Å². The van der Waals surface area contributed by atoms with Crippen LogP contribution >= 0.6 is 0 Å². The zero-order valence-electron chi connectivity index (χ0n) is 28.6. The van der Waals surface area contributed by atoms with Gasteiger partial charge in [-0.15, -0.1) is 0 Å². The Kier molecular flexibility index (Phi) is 3.01. The van der Waals surface area contributed by atoms with Crippen LogP contribution in [-0.4, -0.2) is 25.6 Å². The van der Waals surface area contributed by atoms with E-state index in [0.29, 0.717) is 35.6 Å². The molecule has 8 unspecified atom stereocenters. The maximum Gasteiger partial charge on any atom is 0.118 e. The molecule has 0 aromatic heterocycles. The molecule has 7 aromatic rings. The summed E-state index contributed by atoms with van der Waals surface area (Å²) in [7, 11) is 4.23. The highest BCUT2D eigenvalue weighted by molar-refractivity contribution is 6.47. The van der Waals surface area contributed by atoms with Crippen molar-refractivity contribution >= 4 is 76.2 Å². The lowest BCUT2D eigenvalue weighted by Gasteiger charge is -2.42. The summed E-state index contributed by atoms with van der Waals surface area (Å²) in [5.41, 5.74) is 24.0. The van der Waals surface area contributed by atoms with Crippen LogP contribution in [0, 0.1) is 23.7 Å². The molecular weight excluding hydrogens is 619 g/mol. The van der Waals surface area contributed by atoms with Gasteiger partial charge in [0, 0.05) is 41.7 Å². The molecule has 1 heterocycles. The predicted octanol–water partition coefficient (Wildman–Crippen LogP) is 9.26. The zero-order valence-corrected chi connectivity index (χ0v) is 28.6. The molecule has 51 heavy (non-hydrogen) atoms. The Balaban J connectivity index is 1.14. The van der Waals surface area contributed by atoms with Gasteiger partial charge in [0.05, 0.1) is 7.11 Å². The van der Waals surface area contributed by atoms with Crippen LogP contribution in [-0.2, 0) is 18.3 Å². The maximum absolute atomic E-state index is 5.68. The van der Waals surface area contributed by atoms with E-state index < -0.39 is 0 Å². The Morgan fingerprint density at radius 3 is 2.45 bits per heavy atom. The number of hydrogen-bond donors (Lipinski definition) is 0. The van der Waals surface area contributed by atoms with Crippen molar-refractivity contribution in [3.8, 4) is 5.75 Å². The second-order valence-electron chi connectivity index (χ2n) is 19.0. The van der Waals surface area contributed by atoms with Crippen molar-refractivity contribution in [2.75, 3.05) is 20.7 Å². The topological polar surface area (TPSA) is 12.5 Å². The van der Waals surface area contributed by atoms with Gasteiger partial charge in [0.2, 0.25) is 0 Å². The average molecular weight is 650 g/mol. The van der Waals surface area contributed by atoms with E-state index in [9.17, 15) is 0 Å². The summed E-state index contributed by atoms with van der Waals surface area (Å²) >= 11 is 0. The highest BCUT2D eigenvalue weighted by Crippen LogP contribution is 2.75. The van der Waals surface area contributed by atoms with Gasteiger partial charge in [-0.25, -0.2) is 0 Å². The molecule has 1 saturated heterocycles. The quantitative estimate of drug-likeness (QED) is 0.173. The number of hydrogen-bond acceptors (Lipinski definition) is 2. The van der Waals surface area contributed by atoms with Gasteiger partial charge < -0.3 is 4.74 Å². The zero-order chi connectivity index (χ0) is 32.0. The van der Waals surface area contributed by atoms with Gasteiger partial charge in [-0.3, -0.25) is 4.90 Å². The molecule has 7 aromatic carbocycles. The smallest absolute Gasteiger partial charge is 0.118 e. The molecule has 2 heteroatoms. The lowest BCUT2D eigenvalue weighted by molar-refractivity contribution is 0.298. The number of allylic oxidation sites excluding steroid dienone is 4. The van der Waals surface area contributed by atoms with Gasteiger partial charge in [-0.05, 0) is 194 Å². The first-order chi connectivity index (χ1) is 25.1. The standard InChI is InChI=1S/C49H31NO/c1-50-15-49-14-23-12-21-10-18-7-17-8-20-9-19-11-22-13-25(46(49)48(50)16-3-5-24(51-2)6-4-16)33-38-29(22)28(19)35-30(20)34-26(17)27(18)36-31(21)37-32(23)47(49)45(33)44-42(37)40(36)39(34)41(35)43(38)44/h3-6,8,10,13-14,19,21-22,28,31,46,48H,7,9,11-12,15H2,1-2H3. The number of fused-ring (bicyclic) bond motifs is 1. The lowest BCUT2D eigenvalue weighted by Crippen LogP contribution is -2.38. The third kappa shape index (κ3) is 1.87. The van der Waals surface area contributed by atoms with Gasteiger partial charge in [-0.1, -0.05) is 36.4 Å². The number of methoxy groups -OCH3 is 1. The van der Waals surface area contributed by atoms with E-state index in [0.717, 1.165) is 24.6 Å². The Bertz CT molecular complexity index is 3310. The molecule has 2 nitrogen and oxygen atoms in total. The number of likely N-dealkylation sites (N-methyl/N-ethyl adjacent to an activating group) is 1. The highest BCUT2D eigenvalue weighted by Gasteiger charge is 2.64. The third-order valence-corrected chi connectivity index (χ3v) is 17.6. The molecule has 0 N–H and O–H groups in total. The van der Waals surface area contributed by atoms with E-state index in [1.54, 1.807) is 133 Å². The first-order valence-corrected chi connectivity index (χ1v) is 19.8. The van der Waals surface area contributed by atoms with E-state index in [2.05, 4.69) is 60.5 Å². The Morgan fingerprint density at radius 1 is 0.745 bits per heavy atom. The summed E-state index contributed by atoms with van der Waals surface area (Å²) in [6.45, 7) is 1.10. The fraction of sp³-hybridized carbons (Fsp3) is 0.306. The summed E-state index contributed by atoms with van der Waals surface area (Å²) < 4.78 is 5.68. The molecule has 11 aliphatic rings. The molecule has 0 radical (unpaired) electrons. The van der Waals surface area contributed by atoms with Crippen LogP contribution in [0.25, 0.3) is 76.2 Å². The number of rotatable bonds is 2. The van der Waals surface area contributed by atoms with Crippen LogP contribution in [0.4, 0.5) is 0 Å². The molecule has 0 bridgehead atoms. The van der Waals surface area contributed by atoms with E-state index in [1.165, 1.54) is 24.8 Å². The van der Waals surface area contributed by atoms with E-state index in [-0.39, 0.29) is 5.41 Å². The van der Waals surface area contributed by atoms with E-state index >= 15 is 0 Å². The average Bonchev–Trinajstić information content (AvgIpc) is 3.98. The number of ether oxygens (including phenoxy) is 1. The van der Waals surface area contributed by atoms with Gasteiger partial charge in [0.15, 0.2) is 0 Å². The number of nitrogens with zero attached hydrogens (tertiary/aromatic N) is 1. The van der Waals surface area contributed by atoms with Crippen LogP contribution in [0.1, 0.15) is 86.4 Å². The van der Waals surface area contributed by atoms with Crippen molar-refractivity contribution in [3.05, 3.63) is 109 Å². The number of benzene rings is 5. The summed E-state index contributed by atoms with van der Waals surface area (Å²) in [6.07, 6.45) is 13.6. The molecule has 1 saturated carbocycles. The molecule has 8 atom stereocenters. The van der Waals surface area contributed by atoms with E-state index in [4.69, 9.17) is 4.74 Å². The molecule has 1 aliphatic heterocycles. The molecule has 2 fully saturated rings. The summed E-state index contributed by atoms with van der Waals surface area (Å²) in [4.78, 5) is 2.76. The molecule has 18 rings (SSSR count). The largest absolute Gasteiger partial charge is 0.497 e. The molecule has 0 amide bonds. The minimum Gasteiger partial charge on any atom is -0.497 e. The van der Waals surface area contributed by atoms with Crippen LogP contribution in [0.15, 0.2) is 48.6 Å². The fourth-order valence-corrected chi connectivity index (χ4v) is 16.9. The van der Waals surface area contributed by atoms with Crippen molar-refractivity contribution in [1.29, 1.82) is 0 Å². The minimum absolute atomic E-state index is 0.0125. The van der Waals surface area contributed by atoms with Gasteiger partial charge in [-0.2, -0.15) is 0 Å². The highest BCUT2D eigenvalue weighted by atomic mass is 16.5. The van der Waals surface area contributed by atoms with Gasteiger partial charge in [0.1, 0.15) is 5.75 Å². The predicted molar refractivity (Wildman–Crippen MR) is 204 cm³/mol. The second-order valence-corrected chi connectivity index (χ2v) is 19.0. The third-order valence-electron chi connectivity index (χ3n) is 17.6. The second kappa shape index (κ2) is 6.47. The van der Waals surface area contributed by atoms with Crippen LogP contribution in [0.3, 0.4) is 0 Å². The van der Waals surface area contributed by atoms with Crippen molar-refractivity contribution in [2.24, 2.45) is 23.7 Å². The summed E-state index contributed by atoms with van der Waals surface area (Å²) in [5.74, 6) is 4.37. The molecule has 238 valence electrons. The molecule has 1 spiro atoms. The summed E-state index contributed by atoms with van der Waals surface area (Å²) in [6, 6.07) is 12.3. The first-order valence-electron chi connectivity index (χ1n) is 19.8. The fourth-order valence-electron chi connectivity index (χ4n) is 16.9. The van der Waals surface area contributed by atoms with Crippen molar-refractivity contribution in [2.45, 2.75) is 49.0 Å². The summed E-state index contributed by atoms with van der Waals surface area (Å²) in [5, 5.41) is 18.9. The van der Waals surface area contributed by atoms with Gasteiger partial charge >= 0.3 is 0 Å². The SMILES string of the molecule is COc1ccc(C2C3C4=CC5CC6Cc7cc8c9c%10c%11c%12c%13c%14c%15c(c%16c4c4c(c%17c(c7c9c%12%17)C6C=45)c%16%13)C3(C=C%15CC(C=C%10C8)C%14%11)CN2C)cc1. The maximum atomic E-state index is 5.68. The molecule has 10 aliphatic carbocycles. The van der Waals surface area contributed by atoms with Gasteiger partial charge in [0.25, 0.3) is 0 Å². The van der Waals surface area contributed by atoms with Crippen molar-refractivity contribution < 1.29 is 4.74 Å². The van der Waals surface area contributed by atoms with Crippen molar-refractivity contribution in [1.82, 2.24) is 4.90 Å². The Labute approximate surface area is 293 Å². The first kappa shape index (κ1) is 23.7. The minimum atomic E-state index is 0.0125. The Hall–Kier alpha value is -4.66. The van der Waals surface area contributed by atoms with Crippen LogP contribution in [0.5, 0.6) is 5.75 Å². The molecular formula is C49H31NO. The monoisotopic (exact) mass is 649 g/mol. The number of likely N-dealkylation sites (tertiary alicyclic amines) is 1. The van der Waals surface area contributed by atoms with Crippen LogP contribution in [0.2, 0.25) is 0 Å². The lowest BCUT2D eigenvalue weighted by atomic mass is 9.60.